The third-order valence-electron chi connectivity index (χ3n) is 4.43. The lowest BCUT2D eigenvalue weighted by Gasteiger charge is -2.19. The summed E-state index contributed by atoms with van der Waals surface area (Å²) in [5.74, 6) is 1.10. The van der Waals surface area contributed by atoms with E-state index in [2.05, 4.69) is 49.2 Å². The number of rotatable bonds is 9. The number of likely N-dealkylation sites (N-methyl/N-ethyl adjacent to an activating group) is 1. The summed E-state index contributed by atoms with van der Waals surface area (Å²) in [5, 5.41) is 3.64. The number of hydrogen-bond donors (Lipinski definition) is 1. The van der Waals surface area contributed by atoms with Crippen molar-refractivity contribution in [2.75, 3.05) is 32.8 Å². The molecule has 21 heavy (non-hydrogen) atoms. The van der Waals surface area contributed by atoms with Crippen molar-refractivity contribution in [2.24, 2.45) is 0 Å². The maximum absolute atomic E-state index is 6.07. The van der Waals surface area contributed by atoms with Crippen molar-refractivity contribution in [3.63, 3.8) is 0 Å². The first-order chi connectivity index (χ1) is 10.3. The molecule has 0 amide bonds. The Bertz CT molecular complexity index is 429. The first kappa shape index (κ1) is 16.3. The topological polar surface area (TPSA) is 24.5 Å². The van der Waals surface area contributed by atoms with Gasteiger partial charge in [-0.1, -0.05) is 32.9 Å². The molecule has 1 aromatic rings. The summed E-state index contributed by atoms with van der Waals surface area (Å²) >= 11 is 0. The third-order valence-corrected chi connectivity index (χ3v) is 4.43. The fourth-order valence-electron chi connectivity index (χ4n) is 3.11. The molecule has 1 aliphatic rings. The average Bonchev–Trinajstić information content (AvgIpc) is 2.93. The molecule has 0 fully saturated rings. The molecule has 0 aromatic heterocycles. The SMILES string of the molecule is CCCNC1CCc2c(OCCN(CC)CC)cccc21. The van der Waals surface area contributed by atoms with Gasteiger partial charge in [0.15, 0.2) is 0 Å². The quantitative estimate of drug-likeness (QED) is 0.754. The van der Waals surface area contributed by atoms with Gasteiger partial charge in [-0.05, 0) is 56.1 Å². The highest BCUT2D eigenvalue weighted by atomic mass is 16.5. The standard InChI is InChI=1S/C18H30N2O/c1-4-12-19-17-11-10-16-15(17)8-7-9-18(16)21-14-13-20(5-2)6-3/h7-9,17,19H,4-6,10-14H2,1-3H3. The van der Waals surface area contributed by atoms with E-state index in [0.29, 0.717) is 6.04 Å². The van der Waals surface area contributed by atoms with E-state index in [1.54, 1.807) is 0 Å². The second-order valence-corrected chi connectivity index (χ2v) is 5.74. The molecule has 0 spiro atoms. The summed E-state index contributed by atoms with van der Waals surface area (Å²) < 4.78 is 6.07. The highest BCUT2D eigenvalue weighted by Crippen LogP contribution is 2.36. The van der Waals surface area contributed by atoms with E-state index >= 15 is 0 Å². The lowest BCUT2D eigenvalue weighted by atomic mass is 10.1. The van der Waals surface area contributed by atoms with Gasteiger partial charge in [-0.25, -0.2) is 0 Å². The normalized spacial score (nSPS) is 17.2. The zero-order valence-electron chi connectivity index (χ0n) is 13.8. The smallest absolute Gasteiger partial charge is 0.122 e. The molecular formula is C18H30N2O. The van der Waals surface area contributed by atoms with Crippen molar-refractivity contribution in [3.05, 3.63) is 29.3 Å². The number of ether oxygens (including phenoxy) is 1. The van der Waals surface area contributed by atoms with Crippen LogP contribution >= 0.6 is 0 Å². The fraction of sp³-hybridized carbons (Fsp3) is 0.667. The van der Waals surface area contributed by atoms with Crippen LogP contribution in [0.25, 0.3) is 0 Å². The van der Waals surface area contributed by atoms with E-state index in [0.717, 1.165) is 45.0 Å². The zero-order chi connectivity index (χ0) is 15.1. The zero-order valence-corrected chi connectivity index (χ0v) is 13.8. The molecule has 0 saturated heterocycles. The summed E-state index contributed by atoms with van der Waals surface area (Å²) in [6, 6.07) is 7.04. The van der Waals surface area contributed by atoms with E-state index in [4.69, 9.17) is 4.74 Å². The van der Waals surface area contributed by atoms with Crippen LogP contribution in [-0.2, 0) is 6.42 Å². The molecule has 2 rings (SSSR count). The molecule has 0 radical (unpaired) electrons. The minimum atomic E-state index is 0.520. The van der Waals surface area contributed by atoms with Crippen molar-refractivity contribution in [3.8, 4) is 5.75 Å². The van der Waals surface area contributed by atoms with E-state index in [1.165, 1.54) is 24.0 Å². The van der Waals surface area contributed by atoms with Gasteiger partial charge in [0.1, 0.15) is 12.4 Å². The van der Waals surface area contributed by atoms with Gasteiger partial charge in [0.05, 0.1) is 0 Å². The molecule has 1 aromatic carbocycles. The molecule has 0 aliphatic heterocycles. The summed E-state index contributed by atoms with van der Waals surface area (Å²) in [7, 11) is 0. The minimum absolute atomic E-state index is 0.520. The van der Waals surface area contributed by atoms with Gasteiger partial charge in [-0.3, -0.25) is 0 Å². The van der Waals surface area contributed by atoms with Crippen LogP contribution in [0.1, 0.15) is 50.8 Å². The molecule has 1 N–H and O–H groups in total. The van der Waals surface area contributed by atoms with Crippen LogP contribution in [0, 0.1) is 0 Å². The molecule has 3 heteroatoms. The second kappa shape index (κ2) is 8.40. The van der Waals surface area contributed by atoms with Gasteiger partial charge < -0.3 is 15.0 Å². The molecule has 1 aliphatic carbocycles. The number of hydrogen-bond acceptors (Lipinski definition) is 3. The maximum Gasteiger partial charge on any atom is 0.122 e. The van der Waals surface area contributed by atoms with Gasteiger partial charge in [0.25, 0.3) is 0 Å². The Morgan fingerprint density at radius 2 is 2.05 bits per heavy atom. The van der Waals surface area contributed by atoms with Crippen LogP contribution in [0.15, 0.2) is 18.2 Å². The predicted octanol–water partition coefficient (Wildman–Crippen LogP) is 3.39. The Labute approximate surface area is 129 Å². The Hall–Kier alpha value is -1.06. The first-order valence-electron chi connectivity index (χ1n) is 8.50. The van der Waals surface area contributed by atoms with Gasteiger partial charge in [-0.2, -0.15) is 0 Å². The van der Waals surface area contributed by atoms with Gasteiger partial charge in [0.2, 0.25) is 0 Å². The lowest BCUT2D eigenvalue weighted by Crippen LogP contribution is -2.28. The van der Waals surface area contributed by atoms with Gasteiger partial charge in [0, 0.05) is 12.6 Å². The van der Waals surface area contributed by atoms with Crippen LogP contribution in [0.3, 0.4) is 0 Å². The summed E-state index contributed by atoms with van der Waals surface area (Å²) in [4.78, 5) is 2.40. The van der Waals surface area contributed by atoms with Crippen molar-refractivity contribution >= 4 is 0 Å². The number of fused-ring (bicyclic) bond motifs is 1. The van der Waals surface area contributed by atoms with Crippen LogP contribution in [-0.4, -0.2) is 37.7 Å². The van der Waals surface area contributed by atoms with E-state index in [-0.39, 0.29) is 0 Å². The Morgan fingerprint density at radius 1 is 1.24 bits per heavy atom. The van der Waals surface area contributed by atoms with Crippen LogP contribution in [0.2, 0.25) is 0 Å². The largest absolute Gasteiger partial charge is 0.492 e. The van der Waals surface area contributed by atoms with Crippen LogP contribution in [0.5, 0.6) is 5.75 Å². The highest BCUT2D eigenvalue weighted by Gasteiger charge is 2.24. The summed E-state index contributed by atoms with van der Waals surface area (Å²) in [5.41, 5.74) is 2.87. The molecule has 118 valence electrons. The van der Waals surface area contributed by atoms with Gasteiger partial charge >= 0.3 is 0 Å². The molecule has 0 saturated carbocycles. The van der Waals surface area contributed by atoms with Crippen molar-refractivity contribution in [2.45, 2.75) is 46.1 Å². The molecular weight excluding hydrogens is 260 g/mol. The van der Waals surface area contributed by atoms with Crippen molar-refractivity contribution in [1.82, 2.24) is 10.2 Å². The van der Waals surface area contributed by atoms with Crippen molar-refractivity contribution in [1.29, 1.82) is 0 Å². The van der Waals surface area contributed by atoms with Crippen LogP contribution < -0.4 is 10.1 Å². The van der Waals surface area contributed by atoms with Crippen molar-refractivity contribution < 1.29 is 4.74 Å². The second-order valence-electron chi connectivity index (χ2n) is 5.74. The minimum Gasteiger partial charge on any atom is -0.492 e. The number of nitrogens with zero attached hydrogens (tertiary/aromatic N) is 1. The number of nitrogens with one attached hydrogen (secondary N) is 1. The number of benzene rings is 1. The summed E-state index contributed by atoms with van der Waals surface area (Å²) in [6.07, 6.45) is 3.52. The molecule has 3 nitrogen and oxygen atoms in total. The summed E-state index contributed by atoms with van der Waals surface area (Å²) in [6.45, 7) is 11.7. The van der Waals surface area contributed by atoms with E-state index in [1.807, 2.05) is 0 Å². The molecule has 1 atom stereocenters. The lowest BCUT2D eigenvalue weighted by molar-refractivity contribution is 0.222. The first-order valence-corrected chi connectivity index (χ1v) is 8.50. The Kier molecular flexibility index (Phi) is 6.52. The highest BCUT2D eigenvalue weighted by molar-refractivity contribution is 5.45. The molecule has 1 unspecified atom stereocenters. The van der Waals surface area contributed by atoms with Crippen LogP contribution in [0.4, 0.5) is 0 Å². The third kappa shape index (κ3) is 4.21. The Morgan fingerprint density at radius 3 is 2.76 bits per heavy atom. The maximum atomic E-state index is 6.07. The monoisotopic (exact) mass is 290 g/mol. The Balaban J connectivity index is 1.95. The predicted molar refractivity (Wildman–Crippen MR) is 89.1 cm³/mol. The fourth-order valence-corrected chi connectivity index (χ4v) is 3.11. The molecule has 0 heterocycles. The average molecular weight is 290 g/mol. The van der Waals surface area contributed by atoms with Gasteiger partial charge in [-0.15, -0.1) is 0 Å². The van der Waals surface area contributed by atoms with E-state index < -0.39 is 0 Å². The van der Waals surface area contributed by atoms with E-state index in [9.17, 15) is 0 Å². The molecule has 0 bridgehead atoms.